The van der Waals surface area contributed by atoms with Gasteiger partial charge in [-0.2, -0.15) is 0 Å². The van der Waals surface area contributed by atoms with E-state index in [0.717, 1.165) is 22.3 Å². The summed E-state index contributed by atoms with van der Waals surface area (Å²) in [6.07, 6.45) is 0.134. The van der Waals surface area contributed by atoms with Crippen LogP contribution in [-0.4, -0.2) is 53.5 Å². The molecule has 8 nitrogen and oxygen atoms in total. The zero-order valence-electron chi connectivity index (χ0n) is 19.7. The second-order valence-electron chi connectivity index (χ2n) is 9.70. The predicted molar refractivity (Wildman–Crippen MR) is 127 cm³/mol. The van der Waals surface area contributed by atoms with Gasteiger partial charge in [0.2, 0.25) is 5.91 Å². The molecule has 0 aliphatic heterocycles. The third kappa shape index (κ3) is 6.14. The first-order chi connectivity index (χ1) is 16.1. The molecule has 0 saturated heterocycles. The van der Waals surface area contributed by atoms with Crippen molar-refractivity contribution >= 4 is 18.0 Å². The molecule has 0 spiro atoms. The Morgan fingerprint density at radius 2 is 1.50 bits per heavy atom. The number of nitrogens with one attached hydrogen (secondary N) is 2. The zero-order chi connectivity index (χ0) is 24.9. The van der Waals surface area contributed by atoms with Crippen LogP contribution in [-0.2, 0) is 14.3 Å². The van der Waals surface area contributed by atoms with Crippen LogP contribution in [0.2, 0.25) is 0 Å². The lowest BCUT2D eigenvalue weighted by Gasteiger charge is -2.24. The Labute approximate surface area is 199 Å². The summed E-state index contributed by atoms with van der Waals surface area (Å²) in [6.45, 7) is 5.36. The first-order valence-electron chi connectivity index (χ1n) is 11.4. The fourth-order valence-electron chi connectivity index (χ4n) is 4.09. The minimum Gasteiger partial charge on any atom is -0.480 e. The Kier molecular flexibility index (Phi) is 7.94. The number of fused-ring (bicyclic) bond motifs is 3. The molecule has 0 heterocycles. The first kappa shape index (κ1) is 25.2. The third-order valence-electron chi connectivity index (χ3n) is 5.93. The molecule has 3 rings (SSSR count). The molecule has 2 aromatic rings. The highest BCUT2D eigenvalue weighted by Crippen LogP contribution is 2.44. The number of carboxylic acids is 1. The second kappa shape index (κ2) is 10.7. The van der Waals surface area contributed by atoms with Crippen LogP contribution in [0.25, 0.3) is 11.1 Å². The Balaban J connectivity index is 1.68. The molecule has 34 heavy (non-hydrogen) atoms. The van der Waals surface area contributed by atoms with Crippen molar-refractivity contribution in [3.05, 3.63) is 59.7 Å². The van der Waals surface area contributed by atoms with E-state index < -0.39 is 36.7 Å². The summed E-state index contributed by atoms with van der Waals surface area (Å²) < 4.78 is 5.54. The van der Waals surface area contributed by atoms with Gasteiger partial charge < -0.3 is 25.6 Å². The van der Waals surface area contributed by atoms with E-state index in [1.54, 1.807) is 0 Å². The number of carboxylic acid groups (broad SMARTS) is 1. The van der Waals surface area contributed by atoms with Crippen LogP contribution in [0, 0.1) is 5.41 Å². The van der Waals surface area contributed by atoms with Gasteiger partial charge in [0.05, 0.1) is 6.61 Å². The molecule has 8 heteroatoms. The van der Waals surface area contributed by atoms with Crippen molar-refractivity contribution in [2.24, 2.45) is 5.41 Å². The van der Waals surface area contributed by atoms with E-state index in [1.165, 1.54) is 0 Å². The maximum absolute atomic E-state index is 12.7. The number of aliphatic hydroxyl groups excluding tert-OH is 1. The van der Waals surface area contributed by atoms with E-state index in [9.17, 15) is 19.5 Å². The standard InChI is InChI=1S/C26H32N2O6/c1-26(2,3)13-12-21(23(30)27-22(14-29)24(31)32)28-25(33)34-15-20-18-10-6-4-8-16(18)17-9-5-7-11-19(17)20/h4-11,20-22,29H,12-15H2,1-3H3,(H,27,30)(H,28,33)(H,31,32)/t21?,22-/m1/s1. The maximum Gasteiger partial charge on any atom is 0.407 e. The summed E-state index contributed by atoms with van der Waals surface area (Å²) in [5.41, 5.74) is 4.26. The molecular weight excluding hydrogens is 436 g/mol. The molecule has 0 fully saturated rings. The highest BCUT2D eigenvalue weighted by molar-refractivity contribution is 5.89. The van der Waals surface area contributed by atoms with Crippen LogP contribution < -0.4 is 10.6 Å². The summed E-state index contributed by atoms with van der Waals surface area (Å²) >= 11 is 0. The summed E-state index contributed by atoms with van der Waals surface area (Å²) in [7, 11) is 0. The van der Waals surface area contributed by atoms with Crippen LogP contribution in [0.5, 0.6) is 0 Å². The lowest BCUT2D eigenvalue weighted by Crippen LogP contribution is -2.53. The lowest BCUT2D eigenvalue weighted by atomic mass is 9.88. The smallest absolute Gasteiger partial charge is 0.407 e. The number of benzene rings is 2. The highest BCUT2D eigenvalue weighted by Gasteiger charge is 2.31. The van der Waals surface area contributed by atoms with Crippen molar-refractivity contribution in [2.45, 2.75) is 51.6 Å². The monoisotopic (exact) mass is 468 g/mol. The van der Waals surface area contributed by atoms with E-state index >= 15 is 0 Å². The topological polar surface area (TPSA) is 125 Å². The Morgan fingerprint density at radius 3 is 2.00 bits per heavy atom. The fourth-order valence-corrected chi connectivity index (χ4v) is 4.09. The Hall–Kier alpha value is -3.39. The van der Waals surface area contributed by atoms with Gasteiger partial charge in [-0.25, -0.2) is 9.59 Å². The quantitative estimate of drug-likeness (QED) is 0.448. The fraction of sp³-hybridized carbons (Fsp3) is 0.423. The molecule has 0 aromatic heterocycles. The van der Waals surface area contributed by atoms with E-state index in [4.69, 9.17) is 9.84 Å². The molecule has 1 unspecified atom stereocenters. The van der Waals surface area contributed by atoms with Crippen LogP contribution in [0.1, 0.15) is 50.7 Å². The van der Waals surface area contributed by atoms with Gasteiger partial charge in [0.25, 0.3) is 0 Å². The SMILES string of the molecule is CC(C)(C)CCC(NC(=O)OCC1c2ccccc2-c2ccccc21)C(=O)N[C@H](CO)C(=O)O. The normalized spacial score (nSPS) is 14.5. The van der Waals surface area contributed by atoms with Gasteiger partial charge in [-0.05, 0) is 40.5 Å². The van der Waals surface area contributed by atoms with Gasteiger partial charge in [0.15, 0.2) is 0 Å². The Bertz CT molecular complexity index is 1000. The predicted octanol–water partition coefficient (Wildman–Crippen LogP) is 3.28. The third-order valence-corrected chi connectivity index (χ3v) is 5.93. The van der Waals surface area contributed by atoms with Crippen molar-refractivity contribution in [1.29, 1.82) is 0 Å². The van der Waals surface area contributed by atoms with Crippen LogP contribution in [0.4, 0.5) is 4.79 Å². The van der Waals surface area contributed by atoms with Crippen molar-refractivity contribution < 1.29 is 29.3 Å². The number of amides is 2. The van der Waals surface area contributed by atoms with E-state index in [-0.39, 0.29) is 24.4 Å². The average molecular weight is 469 g/mol. The van der Waals surface area contributed by atoms with Gasteiger partial charge in [-0.1, -0.05) is 69.3 Å². The van der Waals surface area contributed by atoms with Crippen LogP contribution in [0.15, 0.2) is 48.5 Å². The van der Waals surface area contributed by atoms with Gasteiger partial charge in [-0.3, -0.25) is 4.79 Å². The molecular formula is C26H32N2O6. The molecule has 4 N–H and O–H groups in total. The molecule has 182 valence electrons. The number of hydrogen-bond donors (Lipinski definition) is 4. The molecule has 1 aliphatic rings. The van der Waals surface area contributed by atoms with Crippen LogP contribution >= 0.6 is 0 Å². The Morgan fingerprint density at radius 1 is 0.941 bits per heavy atom. The van der Waals surface area contributed by atoms with Crippen molar-refractivity contribution in [3.8, 4) is 11.1 Å². The summed E-state index contributed by atoms with van der Waals surface area (Å²) in [5, 5.41) is 23.2. The number of alkyl carbamates (subject to hydrolysis) is 1. The van der Waals surface area contributed by atoms with E-state index in [0.29, 0.717) is 6.42 Å². The van der Waals surface area contributed by atoms with E-state index in [1.807, 2.05) is 69.3 Å². The van der Waals surface area contributed by atoms with Crippen LogP contribution in [0.3, 0.4) is 0 Å². The number of hydrogen-bond acceptors (Lipinski definition) is 5. The van der Waals surface area contributed by atoms with E-state index in [2.05, 4.69) is 10.6 Å². The number of carbonyl (C=O) groups is 3. The molecule has 0 bridgehead atoms. The van der Waals surface area contributed by atoms with Crippen molar-refractivity contribution in [3.63, 3.8) is 0 Å². The largest absolute Gasteiger partial charge is 0.480 e. The second-order valence-corrected chi connectivity index (χ2v) is 9.70. The molecule has 0 saturated carbocycles. The average Bonchev–Trinajstić information content (AvgIpc) is 3.11. The number of aliphatic carboxylic acids is 1. The minimum atomic E-state index is -1.45. The van der Waals surface area contributed by atoms with Gasteiger partial charge in [0.1, 0.15) is 18.7 Å². The summed E-state index contributed by atoms with van der Waals surface area (Å²) in [5.74, 6) is -2.16. The van der Waals surface area contributed by atoms with Gasteiger partial charge in [0, 0.05) is 5.92 Å². The molecule has 2 aromatic carbocycles. The molecule has 2 amide bonds. The van der Waals surface area contributed by atoms with Gasteiger partial charge >= 0.3 is 12.1 Å². The number of ether oxygens (including phenoxy) is 1. The molecule has 0 radical (unpaired) electrons. The summed E-state index contributed by atoms with van der Waals surface area (Å²) in [6, 6.07) is 13.5. The minimum absolute atomic E-state index is 0.0991. The van der Waals surface area contributed by atoms with Crippen molar-refractivity contribution in [1.82, 2.24) is 10.6 Å². The number of aliphatic hydroxyl groups is 1. The van der Waals surface area contributed by atoms with Gasteiger partial charge in [-0.15, -0.1) is 0 Å². The molecule has 2 atom stereocenters. The lowest BCUT2D eigenvalue weighted by molar-refractivity contribution is -0.143. The maximum atomic E-state index is 12.7. The number of rotatable bonds is 9. The zero-order valence-corrected chi connectivity index (χ0v) is 19.7. The van der Waals surface area contributed by atoms with Crippen molar-refractivity contribution in [2.75, 3.05) is 13.2 Å². The first-order valence-corrected chi connectivity index (χ1v) is 11.4. The highest BCUT2D eigenvalue weighted by atomic mass is 16.5. The summed E-state index contributed by atoms with van der Waals surface area (Å²) in [4.78, 5) is 36.6. The number of carbonyl (C=O) groups excluding carboxylic acids is 2. The molecule has 1 aliphatic carbocycles.